The summed E-state index contributed by atoms with van der Waals surface area (Å²) in [6.45, 7) is 9.47. The number of hydrogen-bond acceptors (Lipinski definition) is 2. The molecule has 0 aliphatic rings. The summed E-state index contributed by atoms with van der Waals surface area (Å²) in [6, 6.07) is 0.290. The molecule has 0 saturated carbocycles. The Morgan fingerprint density at radius 2 is 2.20 bits per heavy atom. The molecule has 15 heavy (non-hydrogen) atoms. The molecule has 0 aliphatic heterocycles. The zero-order valence-electron chi connectivity index (χ0n) is 10.0. The number of rotatable bonds is 9. The van der Waals surface area contributed by atoms with Crippen molar-refractivity contribution in [3.8, 4) is 0 Å². The van der Waals surface area contributed by atoms with Gasteiger partial charge in [-0.25, -0.2) is 0 Å². The lowest BCUT2D eigenvalue weighted by Crippen LogP contribution is -2.34. The van der Waals surface area contributed by atoms with Crippen molar-refractivity contribution < 1.29 is 4.79 Å². The molecule has 0 fully saturated rings. The zero-order valence-corrected chi connectivity index (χ0v) is 10.0. The minimum atomic E-state index is 0.139. The molecule has 0 rings (SSSR count). The van der Waals surface area contributed by atoms with Gasteiger partial charge in [0.2, 0.25) is 5.91 Å². The lowest BCUT2D eigenvalue weighted by molar-refractivity contribution is -0.121. The minimum Gasteiger partial charge on any atom is -0.354 e. The maximum atomic E-state index is 11.3. The van der Waals surface area contributed by atoms with Crippen LogP contribution in [0.2, 0.25) is 0 Å². The molecule has 0 aliphatic carbocycles. The molecule has 0 aromatic heterocycles. The van der Waals surface area contributed by atoms with Gasteiger partial charge in [0, 0.05) is 19.0 Å². The molecule has 0 heterocycles. The highest BCUT2D eigenvalue weighted by molar-refractivity contribution is 5.76. The number of unbranched alkanes of at least 4 members (excludes halogenated alkanes) is 1. The Kier molecular flexibility index (Phi) is 9.18. The Morgan fingerprint density at radius 1 is 1.47 bits per heavy atom. The average Bonchev–Trinajstić information content (AvgIpc) is 2.23. The second-order valence-corrected chi connectivity index (χ2v) is 3.81. The van der Waals surface area contributed by atoms with Crippen molar-refractivity contribution in [1.82, 2.24) is 10.6 Å². The van der Waals surface area contributed by atoms with Crippen LogP contribution in [-0.4, -0.2) is 25.0 Å². The molecular formula is C12H24N2O. The van der Waals surface area contributed by atoms with Crippen molar-refractivity contribution in [2.24, 2.45) is 0 Å². The van der Waals surface area contributed by atoms with E-state index in [-0.39, 0.29) is 5.91 Å². The van der Waals surface area contributed by atoms with Crippen molar-refractivity contribution in [3.63, 3.8) is 0 Å². The van der Waals surface area contributed by atoms with E-state index in [1.165, 1.54) is 0 Å². The van der Waals surface area contributed by atoms with E-state index in [9.17, 15) is 4.79 Å². The fourth-order valence-electron chi connectivity index (χ4n) is 1.15. The van der Waals surface area contributed by atoms with E-state index in [2.05, 4.69) is 24.1 Å². The van der Waals surface area contributed by atoms with Crippen LogP contribution in [0.4, 0.5) is 0 Å². The van der Waals surface area contributed by atoms with E-state index in [1.54, 1.807) is 0 Å². The number of carbonyl (C=O) groups excluding carboxylic acids is 1. The number of carbonyl (C=O) groups is 1. The van der Waals surface area contributed by atoms with Crippen LogP contribution in [0.1, 0.15) is 39.5 Å². The predicted molar refractivity (Wildman–Crippen MR) is 64.8 cm³/mol. The van der Waals surface area contributed by atoms with Crippen LogP contribution in [0, 0.1) is 0 Å². The van der Waals surface area contributed by atoms with Crippen molar-refractivity contribution in [3.05, 3.63) is 12.7 Å². The molecule has 0 aromatic carbocycles. The van der Waals surface area contributed by atoms with Gasteiger partial charge in [-0.15, -0.1) is 6.58 Å². The molecule has 0 radical (unpaired) electrons. The van der Waals surface area contributed by atoms with Crippen molar-refractivity contribution in [2.45, 2.75) is 45.6 Å². The molecule has 3 nitrogen and oxygen atoms in total. The summed E-state index contributed by atoms with van der Waals surface area (Å²) in [7, 11) is 0. The quantitative estimate of drug-likeness (QED) is 0.452. The number of nitrogens with one attached hydrogen (secondary N) is 2. The summed E-state index contributed by atoms with van der Waals surface area (Å²) in [6.07, 6.45) is 5.59. The standard InChI is InChI=1S/C12H24N2O/c1-4-6-7-9-13-10-8-12(15)14-11(3)5-2/h4,11,13H,1,5-10H2,2-3H3,(H,14,15). The van der Waals surface area contributed by atoms with E-state index in [4.69, 9.17) is 0 Å². The third kappa shape index (κ3) is 9.47. The first-order valence-corrected chi connectivity index (χ1v) is 5.81. The van der Waals surface area contributed by atoms with E-state index in [0.717, 1.165) is 32.4 Å². The number of amides is 1. The van der Waals surface area contributed by atoms with Crippen LogP contribution in [0.3, 0.4) is 0 Å². The molecular weight excluding hydrogens is 188 g/mol. The van der Waals surface area contributed by atoms with Crippen LogP contribution in [0.5, 0.6) is 0 Å². The molecule has 3 heteroatoms. The molecule has 88 valence electrons. The molecule has 0 bridgehead atoms. The second-order valence-electron chi connectivity index (χ2n) is 3.81. The average molecular weight is 212 g/mol. The molecule has 1 unspecified atom stereocenters. The highest BCUT2D eigenvalue weighted by Crippen LogP contribution is 1.90. The fraction of sp³-hybridized carbons (Fsp3) is 0.750. The summed E-state index contributed by atoms with van der Waals surface area (Å²) in [5, 5.41) is 6.17. The fourth-order valence-corrected chi connectivity index (χ4v) is 1.15. The third-order valence-corrected chi connectivity index (χ3v) is 2.31. The van der Waals surface area contributed by atoms with Gasteiger partial charge in [0.1, 0.15) is 0 Å². The van der Waals surface area contributed by atoms with Crippen molar-refractivity contribution >= 4 is 5.91 Å². The van der Waals surface area contributed by atoms with Gasteiger partial charge in [-0.05, 0) is 32.7 Å². The van der Waals surface area contributed by atoms with E-state index in [0.29, 0.717) is 12.5 Å². The van der Waals surface area contributed by atoms with Crippen molar-refractivity contribution in [2.75, 3.05) is 13.1 Å². The molecule has 2 N–H and O–H groups in total. The van der Waals surface area contributed by atoms with Crippen LogP contribution < -0.4 is 10.6 Å². The van der Waals surface area contributed by atoms with Gasteiger partial charge in [-0.3, -0.25) is 4.79 Å². The highest BCUT2D eigenvalue weighted by Gasteiger charge is 2.03. The maximum Gasteiger partial charge on any atom is 0.221 e. The largest absolute Gasteiger partial charge is 0.354 e. The smallest absolute Gasteiger partial charge is 0.221 e. The highest BCUT2D eigenvalue weighted by atomic mass is 16.1. The Labute approximate surface area is 93.3 Å². The first-order chi connectivity index (χ1) is 7.20. The summed E-state index contributed by atoms with van der Waals surface area (Å²) in [5.41, 5.74) is 0. The van der Waals surface area contributed by atoms with Crippen LogP contribution >= 0.6 is 0 Å². The van der Waals surface area contributed by atoms with E-state index < -0.39 is 0 Å². The number of allylic oxidation sites excluding steroid dienone is 1. The Hall–Kier alpha value is -0.830. The monoisotopic (exact) mass is 212 g/mol. The van der Waals surface area contributed by atoms with Gasteiger partial charge in [0.25, 0.3) is 0 Å². The molecule has 0 aromatic rings. The van der Waals surface area contributed by atoms with Gasteiger partial charge in [-0.2, -0.15) is 0 Å². The Bertz CT molecular complexity index is 180. The van der Waals surface area contributed by atoms with E-state index >= 15 is 0 Å². The van der Waals surface area contributed by atoms with Gasteiger partial charge >= 0.3 is 0 Å². The summed E-state index contributed by atoms with van der Waals surface area (Å²) in [4.78, 5) is 11.3. The molecule has 1 amide bonds. The third-order valence-electron chi connectivity index (χ3n) is 2.31. The van der Waals surface area contributed by atoms with Crippen LogP contribution in [0.15, 0.2) is 12.7 Å². The first kappa shape index (κ1) is 14.2. The molecule has 0 spiro atoms. The lowest BCUT2D eigenvalue weighted by atomic mass is 10.2. The van der Waals surface area contributed by atoms with Gasteiger partial charge < -0.3 is 10.6 Å². The van der Waals surface area contributed by atoms with Gasteiger partial charge in [0.15, 0.2) is 0 Å². The van der Waals surface area contributed by atoms with Gasteiger partial charge in [0.05, 0.1) is 0 Å². The minimum absolute atomic E-state index is 0.139. The summed E-state index contributed by atoms with van der Waals surface area (Å²) < 4.78 is 0. The summed E-state index contributed by atoms with van der Waals surface area (Å²) >= 11 is 0. The van der Waals surface area contributed by atoms with Crippen molar-refractivity contribution in [1.29, 1.82) is 0 Å². The maximum absolute atomic E-state index is 11.3. The first-order valence-electron chi connectivity index (χ1n) is 5.81. The predicted octanol–water partition coefficient (Wildman–Crippen LogP) is 1.85. The number of hydrogen-bond donors (Lipinski definition) is 2. The SMILES string of the molecule is C=CCCCNCCC(=O)NC(C)CC. The van der Waals surface area contributed by atoms with Crippen LogP contribution in [0.25, 0.3) is 0 Å². The lowest BCUT2D eigenvalue weighted by Gasteiger charge is -2.11. The second kappa shape index (κ2) is 9.71. The Balaban J connectivity index is 3.27. The topological polar surface area (TPSA) is 41.1 Å². The Morgan fingerprint density at radius 3 is 2.80 bits per heavy atom. The van der Waals surface area contributed by atoms with Crippen LogP contribution in [-0.2, 0) is 4.79 Å². The summed E-state index contributed by atoms with van der Waals surface area (Å²) in [5.74, 6) is 0.139. The normalized spacial score (nSPS) is 12.1. The molecule has 0 saturated heterocycles. The molecule has 1 atom stereocenters. The van der Waals surface area contributed by atoms with E-state index in [1.807, 2.05) is 13.0 Å². The zero-order chi connectivity index (χ0) is 11.5. The van der Waals surface area contributed by atoms with Gasteiger partial charge in [-0.1, -0.05) is 13.0 Å².